The lowest BCUT2D eigenvalue weighted by molar-refractivity contribution is 0.0980. The van der Waals surface area contributed by atoms with Gasteiger partial charge in [0.1, 0.15) is 0 Å². The van der Waals surface area contributed by atoms with Crippen molar-refractivity contribution >= 4 is 40.5 Å². The van der Waals surface area contributed by atoms with Crippen LogP contribution in [0.3, 0.4) is 0 Å². The summed E-state index contributed by atoms with van der Waals surface area (Å²) in [6.07, 6.45) is 0. The van der Waals surface area contributed by atoms with Gasteiger partial charge in [-0.15, -0.1) is 0 Å². The van der Waals surface area contributed by atoms with E-state index >= 15 is 0 Å². The molecule has 0 amide bonds. The molecule has 0 fully saturated rings. The standard InChI is InChI=1S/C14H7Cl2NO2/c15-8-5-9(16)12(17)11-10(8)13(18)6-3-1-2-4-7(6)14(11)19/h1-5H,17H2. The number of ketones is 2. The molecule has 1 aliphatic rings. The first kappa shape index (κ1) is 12.2. The van der Waals surface area contributed by atoms with Gasteiger partial charge in [0, 0.05) is 11.1 Å². The third kappa shape index (κ3) is 1.59. The van der Waals surface area contributed by atoms with Crippen LogP contribution in [0.25, 0.3) is 0 Å². The second-order valence-electron chi connectivity index (χ2n) is 4.21. The first-order valence-corrected chi connectivity index (χ1v) is 6.24. The number of carbonyl (C=O) groups is 2. The fourth-order valence-electron chi connectivity index (χ4n) is 2.24. The molecule has 0 bridgehead atoms. The molecule has 0 radical (unpaired) electrons. The van der Waals surface area contributed by atoms with E-state index in [2.05, 4.69) is 0 Å². The van der Waals surface area contributed by atoms with Gasteiger partial charge in [-0.1, -0.05) is 47.5 Å². The van der Waals surface area contributed by atoms with E-state index < -0.39 is 0 Å². The van der Waals surface area contributed by atoms with Gasteiger partial charge >= 0.3 is 0 Å². The molecule has 0 atom stereocenters. The Morgan fingerprint density at radius 2 is 1.37 bits per heavy atom. The average Bonchev–Trinajstić information content (AvgIpc) is 2.40. The molecule has 3 rings (SSSR count). The molecule has 1 aliphatic carbocycles. The van der Waals surface area contributed by atoms with E-state index in [0.29, 0.717) is 11.1 Å². The molecule has 0 saturated carbocycles. The van der Waals surface area contributed by atoms with Crippen LogP contribution >= 0.6 is 23.2 Å². The third-order valence-electron chi connectivity index (χ3n) is 3.14. The van der Waals surface area contributed by atoms with Crippen molar-refractivity contribution in [3.05, 3.63) is 62.6 Å². The van der Waals surface area contributed by atoms with Crippen LogP contribution in [-0.4, -0.2) is 11.6 Å². The van der Waals surface area contributed by atoms with Gasteiger partial charge in [-0.2, -0.15) is 0 Å². The van der Waals surface area contributed by atoms with Gasteiger partial charge in [0.05, 0.1) is 26.9 Å². The zero-order valence-corrected chi connectivity index (χ0v) is 11.0. The number of carbonyl (C=O) groups excluding carboxylic acids is 2. The van der Waals surface area contributed by atoms with Crippen LogP contribution in [0.5, 0.6) is 0 Å². The Kier molecular flexibility index (Phi) is 2.62. The highest BCUT2D eigenvalue weighted by Gasteiger charge is 2.33. The minimum Gasteiger partial charge on any atom is -0.397 e. The van der Waals surface area contributed by atoms with Gasteiger partial charge in [-0.05, 0) is 6.07 Å². The lowest BCUT2D eigenvalue weighted by Gasteiger charge is -2.20. The van der Waals surface area contributed by atoms with E-state index in [1.165, 1.54) is 6.07 Å². The number of rotatable bonds is 0. The summed E-state index contributed by atoms with van der Waals surface area (Å²) in [6, 6.07) is 7.96. The van der Waals surface area contributed by atoms with Crippen LogP contribution in [0.2, 0.25) is 10.0 Å². The van der Waals surface area contributed by atoms with Crippen LogP contribution in [0.1, 0.15) is 31.8 Å². The first-order valence-electron chi connectivity index (χ1n) is 5.48. The summed E-state index contributed by atoms with van der Waals surface area (Å²) in [6.45, 7) is 0. The van der Waals surface area contributed by atoms with Crippen molar-refractivity contribution < 1.29 is 9.59 Å². The molecule has 0 spiro atoms. The molecule has 0 unspecified atom stereocenters. The highest BCUT2D eigenvalue weighted by atomic mass is 35.5. The molecule has 0 saturated heterocycles. The largest absolute Gasteiger partial charge is 0.397 e. The van der Waals surface area contributed by atoms with Crippen molar-refractivity contribution in [1.29, 1.82) is 0 Å². The molecule has 2 N–H and O–H groups in total. The van der Waals surface area contributed by atoms with Crippen LogP contribution in [0, 0.1) is 0 Å². The maximum Gasteiger partial charge on any atom is 0.196 e. The van der Waals surface area contributed by atoms with E-state index in [0.717, 1.165) is 0 Å². The van der Waals surface area contributed by atoms with E-state index in [1.807, 2.05) is 0 Å². The molecule has 94 valence electrons. The highest BCUT2D eigenvalue weighted by molar-refractivity contribution is 6.43. The molecule has 0 aromatic heterocycles. The smallest absolute Gasteiger partial charge is 0.196 e. The van der Waals surface area contributed by atoms with Crippen molar-refractivity contribution in [3.63, 3.8) is 0 Å². The Balaban J connectivity index is 2.43. The number of halogens is 2. The normalized spacial score (nSPS) is 13.2. The number of benzene rings is 2. The minimum absolute atomic E-state index is 0.0916. The summed E-state index contributed by atoms with van der Waals surface area (Å²) in [5.41, 5.74) is 6.80. The van der Waals surface area contributed by atoms with Crippen molar-refractivity contribution in [1.82, 2.24) is 0 Å². The molecule has 19 heavy (non-hydrogen) atoms. The molecular weight excluding hydrogens is 285 g/mol. The lowest BCUT2D eigenvalue weighted by atomic mass is 9.83. The Bertz CT molecular complexity index is 753. The summed E-state index contributed by atoms with van der Waals surface area (Å²) in [5, 5.41) is 0.311. The molecule has 0 aliphatic heterocycles. The molecule has 0 heterocycles. The van der Waals surface area contributed by atoms with Gasteiger partial charge in [0.25, 0.3) is 0 Å². The maximum absolute atomic E-state index is 12.4. The van der Waals surface area contributed by atoms with Crippen molar-refractivity contribution in [2.24, 2.45) is 0 Å². The van der Waals surface area contributed by atoms with Crippen molar-refractivity contribution in [3.8, 4) is 0 Å². The Hall–Kier alpha value is -1.84. The lowest BCUT2D eigenvalue weighted by Crippen LogP contribution is -2.23. The summed E-state index contributed by atoms with van der Waals surface area (Å²) >= 11 is 12.0. The number of hydrogen-bond donors (Lipinski definition) is 1. The Labute approximate surface area is 118 Å². The Morgan fingerprint density at radius 3 is 1.95 bits per heavy atom. The highest BCUT2D eigenvalue weighted by Crippen LogP contribution is 2.38. The quantitative estimate of drug-likeness (QED) is 0.646. The van der Waals surface area contributed by atoms with Gasteiger partial charge in [0.2, 0.25) is 0 Å². The summed E-state index contributed by atoms with van der Waals surface area (Å²) in [7, 11) is 0. The van der Waals surface area contributed by atoms with Crippen LogP contribution in [-0.2, 0) is 0 Å². The van der Waals surface area contributed by atoms with Gasteiger partial charge in [0.15, 0.2) is 11.6 Å². The molecule has 3 nitrogen and oxygen atoms in total. The molecular formula is C14H7Cl2NO2. The second kappa shape index (κ2) is 4.08. The van der Waals surface area contributed by atoms with E-state index in [1.54, 1.807) is 24.3 Å². The van der Waals surface area contributed by atoms with Crippen LogP contribution in [0.4, 0.5) is 5.69 Å². The number of fused-ring (bicyclic) bond motifs is 2. The summed E-state index contributed by atoms with van der Waals surface area (Å²) in [4.78, 5) is 24.8. The number of nitrogen functional groups attached to an aromatic ring is 1. The van der Waals surface area contributed by atoms with Crippen LogP contribution < -0.4 is 5.73 Å². The van der Waals surface area contributed by atoms with Gasteiger partial charge in [-0.3, -0.25) is 9.59 Å². The number of anilines is 1. The summed E-state index contributed by atoms with van der Waals surface area (Å²) < 4.78 is 0. The van der Waals surface area contributed by atoms with E-state index in [-0.39, 0.29) is 38.4 Å². The predicted molar refractivity (Wildman–Crippen MR) is 74.2 cm³/mol. The molecule has 2 aromatic carbocycles. The molecule has 5 heteroatoms. The monoisotopic (exact) mass is 291 g/mol. The van der Waals surface area contributed by atoms with Crippen molar-refractivity contribution in [2.45, 2.75) is 0 Å². The zero-order chi connectivity index (χ0) is 13.7. The minimum atomic E-state index is -0.327. The number of nitrogens with two attached hydrogens (primary N) is 1. The van der Waals surface area contributed by atoms with Crippen LogP contribution in [0.15, 0.2) is 30.3 Å². The maximum atomic E-state index is 12.4. The number of hydrogen-bond acceptors (Lipinski definition) is 3. The first-order chi connectivity index (χ1) is 9.02. The fraction of sp³-hybridized carbons (Fsp3) is 0. The average molecular weight is 292 g/mol. The zero-order valence-electron chi connectivity index (χ0n) is 9.54. The summed E-state index contributed by atoms with van der Waals surface area (Å²) in [5.74, 6) is -0.634. The Morgan fingerprint density at radius 1 is 0.842 bits per heavy atom. The van der Waals surface area contributed by atoms with Gasteiger partial charge < -0.3 is 5.73 Å². The molecule has 2 aromatic rings. The second-order valence-corrected chi connectivity index (χ2v) is 5.02. The van der Waals surface area contributed by atoms with Crippen molar-refractivity contribution in [2.75, 3.05) is 5.73 Å². The van der Waals surface area contributed by atoms with E-state index in [4.69, 9.17) is 28.9 Å². The fourth-order valence-corrected chi connectivity index (χ4v) is 2.79. The third-order valence-corrected chi connectivity index (χ3v) is 3.75. The van der Waals surface area contributed by atoms with Gasteiger partial charge in [-0.25, -0.2) is 0 Å². The van der Waals surface area contributed by atoms with E-state index in [9.17, 15) is 9.59 Å². The predicted octanol–water partition coefficient (Wildman–Crippen LogP) is 3.35. The topological polar surface area (TPSA) is 60.2 Å². The SMILES string of the molecule is Nc1c(Cl)cc(Cl)c2c1C(=O)c1ccccc1C2=O.